The predicted molar refractivity (Wildman–Crippen MR) is 86.1 cm³/mol. The summed E-state index contributed by atoms with van der Waals surface area (Å²) in [5, 5.41) is 16.9. The Hall–Kier alpha value is -2.14. The van der Waals surface area contributed by atoms with Gasteiger partial charge in [-0.1, -0.05) is 39.0 Å². The van der Waals surface area contributed by atoms with Crippen molar-refractivity contribution in [3.8, 4) is 5.69 Å². The van der Waals surface area contributed by atoms with Crippen molar-refractivity contribution in [3.63, 3.8) is 0 Å². The molecule has 2 rings (SSSR count). The molecule has 118 valence electrons. The highest BCUT2D eigenvalue weighted by molar-refractivity contribution is 5.95. The van der Waals surface area contributed by atoms with Gasteiger partial charge in [0.15, 0.2) is 0 Å². The quantitative estimate of drug-likeness (QED) is 0.859. The van der Waals surface area contributed by atoms with E-state index in [1.807, 2.05) is 51.1 Å². The van der Waals surface area contributed by atoms with Crippen LogP contribution in [-0.2, 0) is 6.42 Å². The first-order valence-electron chi connectivity index (χ1n) is 7.63. The Labute approximate surface area is 131 Å². The van der Waals surface area contributed by atoms with Crippen molar-refractivity contribution in [2.75, 3.05) is 6.54 Å². The minimum atomic E-state index is -0.543. The Kier molecular flexibility index (Phi) is 5.33. The molecule has 2 N–H and O–H groups in total. The van der Waals surface area contributed by atoms with E-state index < -0.39 is 6.10 Å². The number of nitrogens with zero attached hydrogens (tertiary/aromatic N) is 2. The molecule has 0 radical (unpaired) electrons. The lowest BCUT2D eigenvalue weighted by molar-refractivity contribution is 0.0870. The molecule has 0 aliphatic heterocycles. The summed E-state index contributed by atoms with van der Waals surface area (Å²) in [6.45, 7) is 6.08. The van der Waals surface area contributed by atoms with Gasteiger partial charge in [0.1, 0.15) is 0 Å². The van der Waals surface area contributed by atoms with Crippen molar-refractivity contribution in [1.82, 2.24) is 15.1 Å². The Balaban J connectivity index is 2.18. The Morgan fingerprint density at radius 2 is 2.00 bits per heavy atom. The third kappa shape index (κ3) is 3.54. The number of carbonyl (C=O) groups is 1. The maximum atomic E-state index is 12.3. The standard InChI is InChI=1S/C17H23N3O2/c1-4-15-14(17(22)18-11-16(21)12(2)3)10-19-20(15)13-8-6-5-7-9-13/h5-10,12,16,21H,4,11H2,1-3H3,(H,18,22). The second kappa shape index (κ2) is 7.22. The van der Waals surface area contributed by atoms with E-state index in [-0.39, 0.29) is 18.4 Å². The fourth-order valence-electron chi connectivity index (χ4n) is 2.22. The fourth-order valence-corrected chi connectivity index (χ4v) is 2.22. The molecule has 0 aliphatic carbocycles. The smallest absolute Gasteiger partial charge is 0.254 e. The van der Waals surface area contributed by atoms with Gasteiger partial charge in [-0.2, -0.15) is 5.10 Å². The molecular weight excluding hydrogens is 278 g/mol. The van der Waals surface area contributed by atoms with Crippen LogP contribution in [0.1, 0.15) is 36.8 Å². The van der Waals surface area contributed by atoms with Crippen molar-refractivity contribution in [1.29, 1.82) is 0 Å². The zero-order chi connectivity index (χ0) is 16.1. The van der Waals surface area contributed by atoms with E-state index in [1.54, 1.807) is 10.9 Å². The van der Waals surface area contributed by atoms with Crippen LogP contribution in [0.15, 0.2) is 36.5 Å². The molecule has 0 bridgehead atoms. The van der Waals surface area contributed by atoms with Crippen molar-refractivity contribution < 1.29 is 9.90 Å². The number of benzene rings is 1. The number of aliphatic hydroxyl groups is 1. The number of para-hydroxylation sites is 1. The maximum absolute atomic E-state index is 12.3. The van der Waals surface area contributed by atoms with E-state index in [2.05, 4.69) is 10.4 Å². The van der Waals surface area contributed by atoms with E-state index in [9.17, 15) is 9.90 Å². The highest BCUT2D eigenvalue weighted by atomic mass is 16.3. The molecule has 0 saturated heterocycles. The van der Waals surface area contributed by atoms with Crippen LogP contribution < -0.4 is 5.32 Å². The maximum Gasteiger partial charge on any atom is 0.254 e. The topological polar surface area (TPSA) is 67.2 Å². The second-order valence-corrected chi connectivity index (χ2v) is 5.63. The molecule has 0 fully saturated rings. The number of aromatic nitrogens is 2. The van der Waals surface area contributed by atoms with Gasteiger partial charge in [0, 0.05) is 6.54 Å². The Morgan fingerprint density at radius 3 is 2.59 bits per heavy atom. The summed E-state index contributed by atoms with van der Waals surface area (Å²) in [6, 6.07) is 9.73. The third-order valence-electron chi connectivity index (χ3n) is 3.69. The van der Waals surface area contributed by atoms with Crippen molar-refractivity contribution in [2.45, 2.75) is 33.3 Å². The Morgan fingerprint density at radius 1 is 1.32 bits per heavy atom. The van der Waals surface area contributed by atoms with E-state index in [0.717, 1.165) is 11.4 Å². The van der Waals surface area contributed by atoms with Gasteiger partial charge in [-0.3, -0.25) is 4.79 Å². The van der Waals surface area contributed by atoms with Crippen molar-refractivity contribution in [3.05, 3.63) is 47.8 Å². The van der Waals surface area contributed by atoms with E-state index in [0.29, 0.717) is 12.0 Å². The zero-order valence-electron chi connectivity index (χ0n) is 13.3. The molecule has 1 amide bonds. The normalized spacial score (nSPS) is 12.4. The number of hydrogen-bond acceptors (Lipinski definition) is 3. The van der Waals surface area contributed by atoms with Gasteiger partial charge in [0.05, 0.1) is 29.2 Å². The highest BCUT2D eigenvalue weighted by Gasteiger charge is 2.18. The van der Waals surface area contributed by atoms with Crippen LogP contribution in [0.4, 0.5) is 0 Å². The third-order valence-corrected chi connectivity index (χ3v) is 3.69. The summed E-state index contributed by atoms with van der Waals surface area (Å²) < 4.78 is 1.79. The fraction of sp³-hybridized carbons (Fsp3) is 0.412. The monoisotopic (exact) mass is 301 g/mol. The Bertz CT molecular complexity index is 620. The molecule has 0 aliphatic rings. The molecule has 1 aromatic carbocycles. The average Bonchev–Trinajstić information content (AvgIpc) is 2.96. The van der Waals surface area contributed by atoms with Crippen LogP contribution in [-0.4, -0.2) is 33.4 Å². The van der Waals surface area contributed by atoms with Crippen molar-refractivity contribution >= 4 is 5.91 Å². The second-order valence-electron chi connectivity index (χ2n) is 5.63. The van der Waals surface area contributed by atoms with Crippen LogP contribution in [0, 0.1) is 5.92 Å². The lowest BCUT2D eigenvalue weighted by Gasteiger charge is -2.15. The largest absolute Gasteiger partial charge is 0.391 e. The lowest BCUT2D eigenvalue weighted by atomic mass is 10.1. The van der Waals surface area contributed by atoms with Gasteiger partial charge >= 0.3 is 0 Å². The molecule has 0 spiro atoms. The minimum Gasteiger partial charge on any atom is -0.391 e. The van der Waals surface area contributed by atoms with Gasteiger partial charge in [-0.05, 0) is 24.5 Å². The molecule has 5 nitrogen and oxygen atoms in total. The average molecular weight is 301 g/mol. The first-order chi connectivity index (χ1) is 10.5. The summed E-state index contributed by atoms with van der Waals surface area (Å²) in [4.78, 5) is 12.3. The first kappa shape index (κ1) is 16.2. The van der Waals surface area contributed by atoms with Gasteiger partial charge in [0.2, 0.25) is 0 Å². The van der Waals surface area contributed by atoms with Gasteiger partial charge in [-0.25, -0.2) is 4.68 Å². The molecule has 5 heteroatoms. The molecule has 1 aromatic heterocycles. The van der Waals surface area contributed by atoms with E-state index >= 15 is 0 Å². The van der Waals surface area contributed by atoms with E-state index in [4.69, 9.17) is 0 Å². The predicted octanol–water partition coefficient (Wildman–Crippen LogP) is 2.18. The van der Waals surface area contributed by atoms with Crippen LogP contribution in [0.3, 0.4) is 0 Å². The molecule has 22 heavy (non-hydrogen) atoms. The van der Waals surface area contributed by atoms with Gasteiger partial charge < -0.3 is 10.4 Å². The molecule has 0 saturated carbocycles. The number of carbonyl (C=O) groups excluding carboxylic acids is 1. The SMILES string of the molecule is CCc1c(C(=O)NCC(O)C(C)C)cnn1-c1ccccc1. The highest BCUT2D eigenvalue weighted by Crippen LogP contribution is 2.15. The summed E-state index contributed by atoms with van der Waals surface area (Å²) in [6.07, 6.45) is 1.74. The molecule has 1 unspecified atom stereocenters. The number of amides is 1. The number of rotatable bonds is 6. The summed E-state index contributed by atoms with van der Waals surface area (Å²) >= 11 is 0. The molecular formula is C17H23N3O2. The first-order valence-corrected chi connectivity index (χ1v) is 7.63. The van der Waals surface area contributed by atoms with Crippen LogP contribution >= 0.6 is 0 Å². The number of nitrogens with one attached hydrogen (secondary N) is 1. The minimum absolute atomic E-state index is 0.109. The van der Waals surface area contributed by atoms with Crippen molar-refractivity contribution in [2.24, 2.45) is 5.92 Å². The molecule has 1 atom stereocenters. The summed E-state index contributed by atoms with van der Waals surface area (Å²) in [5.74, 6) is -0.0864. The molecule has 2 aromatic rings. The van der Waals surface area contributed by atoms with Crippen LogP contribution in [0.2, 0.25) is 0 Å². The van der Waals surface area contributed by atoms with Gasteiger partial charge in [0.25, 0.3) is 5.91 Å². The van der Waals surface area contributed by atoms with Crippen LogP contribution in [0.25, 0.3) is 5.69 Å². The number of aliphatic hydroxyl groups excluding tert-OH is 1. The lowest BCUT2D eigenvalue weighted by Crippen LogP contribution is -2.35. The van der Waals surface area contributed by atoms with Gasteiger partial charge in [-0.15, -0.1) is 0 Å². The zero-order valence-corrected chi connectivity index (χ0v) is 13.3. The van der Waals surface area contributed by atoms with Crippen LogP contribution in [0.5, 0.6) is 0 Å². The summed E-state index contributed by atoms with van der Waals surface area (Å²) in [7, 11) is 0. The number of hydrogen-bond donors (Lipinski definition) is 2. The summed E-state index contributed by atoms with van der Waals surface area (Å²) in [5.41, 5.74) is 2.35. The molecule has 1 heterocycles. The van der Waals surface area contributed by atoms with E-state index in [1.165, 1.54) is 0 Å².